The topological polar surface area (TPSA) is 0 Å². The predicted molar refractivity (Wildman–Crippen MR) is 115 cm³/mol. The van der Waals surface area contributed by atoms with Crippen LogP contribution in [0.1, 0.15) is 38.9 Å². The highest BCUT2D eigenvalue weighted by molar-refractivity contribution is 7.97. The summed E-state index contributed by atoms with van der Waals surface area (Å²) in [5.41, 5.74) is 9.54. The van der Waals surface area contributed by atoms with E-state index in [1.165, 1.54) is 53.6 Å². The van der Waals surface area contributed by atoms with E-state index in [0.29, 0.717) is 0 Å². The SMILES string of the molecule is Cc1cc(C)c([S+](c2cc(C)ccc2C)c2cc(C)ccc2C)c(C)c1. The van der Waals surface area contributed by atoms with Gasteiger partial charge in [0.15, 0.2) is 14.7 Å². The van der Waals surface area contributed by atoms with Crippen molar-refractivity contribution in [1.82, 2.24) is 0 Å². The summed E-state index contributed by atoms with van der Waals surface area (Å²) in [6.45, 7) is 15.6. The predicted octanol–water partition coefficient (Wildman–Crippen LogP) is 6.94. The lowest BCUT2D eigenvalue weighted by molar-refractivity contribution is 1.14. The maximum absolute atomic E-state index is 2.39. The number of hydrogen-bond donors (Lipinski definition) is 0. The molecule has 0 spiro atoms. The van der Waals surface area contributed by atoms with Crippen molar-refractivity contribution >= 4 is 10.9 Å². The molecule has 0 aliphatic heterocycles. The van der Waals surface area contributed by atoms with E-state index >= 15 is 0 Å². The quantitative estimate of drug-likeness (QED) is 0.443. The molecule has 0 amide bonds. The third kappa shape index (κ3) is 3.59. The first-order valence-electron chi connectivity index (χ1n) is 9.24. The number of benzene rings is 3. The highest BCUT2D eigenvalue weighted by Crippen LogP contribution is 2.39. The summed E-state index contributed by atoms with van der Waals surface area (Å²) < 4.78 is 0. The average molecular weight is 362 g/mol. The fraction of sp³-hybridized carbons (Fsp3) is 0.280. The molecular weight excluding hydrogens is 332 g/mol. The van der Waals surface area contributed by atoms with Gasteiger partial charge in [0.05, 0.1) is 0 Å². The van der Waals surface area contributed by atoms with Crippen LogP contribution in [0.5, 0.6) is 0 Å². The highest BCUT2D eigenvalue weighted by atomic mass is 32.2. The molecule has 0 radical (unpaired) electrons. The Bertz CT molecular complexity index is 891. The third-order valence-electron chi connectivity index (χ3n) is 4.94. The van der Waals surface area contributed by atoms with Crippen molar-refractivity contribution in [3.05, 3.63) is 87.5 Å². The first kappa shape index (κ1) is 18.8. The van der Waals surface area contributed by atoms with Gasteiger partial charge in [-0.15, -0.1) is 0 Å². The molecule has 0 aromatic heterocycles. The van der Waals surface area contributed by atoms with Crippen molar-refractivity contribution < 1.29 is 0 Å². The van der Waals surface area contributed by atoms with E-state index in [0.717, 1.165) is 0 Å². The fourth-order valence-corrected chi connectivity index (χ4v) is 6.51. The van der Waals surface area contributed by atoms with E-state index in [4.69, 9.17) is 0 Å². The zero-order valence-corrected chi connectivity index (χ0v) is 17.8. The van der Waals surface area contributed by atoms with Crippen LogP contribution >= 0.6 is 0 Å². The summed E-state index contributed by atoms with van der Waals surface area (Å²) in [7, 11) is -0.0898. The highest BCUT2D eigenvalue weighted by Gasteiger charge is 2.35. The molecule has 0 saturated carbocycles. The standard InChI is InChI=1S/C25H29S/c1-16-8-10-19(4)23(14-16)26(24-15-17(2)9-11-20(24)5)25-21(6)12-18(3)13-22(25)7/h8-15H,1-7H3/q+1. The molecule has 0 heterocycles. The summed E-state index contributed by atoms with van der Waals surface area (Å²) in [5, 5.41) is 0. The Morgan fingerprint density at radius 3 is 1.31 bits per heavy atom. The second kappa shape index (κ2) is 7.32. The van der Waals surface area contributed by atoms with Crippen molar-refractivity contribution in [2.45, 2.75) is 63.2 Å². The Labute approximate surface area is 161 Å². The molecule has 0 N–H and O–H groups in total. The van der Waals surface area contributed by atoms with Crippen LogP contribution in [0, 0.1) is 48.5 Å². The van der Waals surface area contributed by atoms with Crippen molar-refractivity contribution in [3.8, 4) is 0 Å². The molecule has 0 aliphatic rings. The minimum absolute atomic E-state index is 0.0898. The van der Waals surface area contributed by atoms with E-state index in [1.54, 1.807) is 0 Å². The van der Waals surface area contributed by atoms with Crippen LogP contribution in [0.25, 0.3) is 0 Å². The smallest absolute Gasteiger partial charge is 0.0587 e. The van der Waals surface area contributed by atoms with E-state index in [1.807, 2.05) is 0 Å². The molecule has 0 saturated heterocycles. The molecule has 26 heavy (non-hydrogen) atoms. The lowest BCUT2D eigenvalue weighted by atomic mass is 10.1. The fourth-order valence-electron chi connectivity index (χ4n) is 3.68. The summed E-state index contributed by atoms with van der Waals surface area (Å²) in [4.78, 5) is 4.39. The summed E-state index contributed by atoms with van der Waals surface area (Å²) in [6.07, 6.45) is 0. The Kier molecular flexibility index (Phi) is 5.29. The van der Waals surface area contributed by atoms with Crippen molar-refractivity contribution in [2.24, 2.45) is 0 Å². The van der Waals surface area contributed by atoms with Crippen molar-refractivity contribution in [2.75, 3.05) is 0 Å². The van der Waals surface area contributed by atoms with Gasteiger partial charge < -0.3 is 0 Å². The monoisotopic (exact) mass is 361 g/mol. The first-order valence-corrected chi connectivity index (χ1v) is 10.5. The zero-order chi connectivity index (χ0) is 19.0. The lowest BCUT2D eigenvalue weighted by Gasteiger charge is -2.17. The number of hydrogen-bond acceptors (Lipinski definition) is 0. The third-order valence-corrected chi connectivity index (χ3v) is 7.75. The van der Waals surface area contributed by atoms with Crippen LogP contribution in [0.3, 0.4) is 0 Å². The van der Waals surface area contributed by atoms with Gasteiger partial charge >= 0.3 is 0 Å². The van der Waals surface area contributed by atoms with Crippen LogP contribution in [0.15, 0.2) is 63.2 Å². The maximum Gasteiger partial charge on any atom is 0.172 e. The minimum Gasteiger partial charge on any atom is -0.0587 e. The molecule has 1 heteroatoms. The van der Waals surface area contributed by atoms with Gasteiger partial charge in [-0.1, -0.05) is 42.0 Å². The van der Waals surface area contributed by atoms with Crippen LogP contribution in [0.2, 0.25) is 0 Å². The second-order valence-electron chi connectivity index (χ2n) is 7.57. The Morgan fingerprint density at radius 1 is 0.462 bits per heavy atom. The van der Waals surface area contributed by atoms with E-state index in [-0.39, 0.29) is 10.9 Å². The van der Waals surface area contributed by atoms with Gasteiger partial charge in [-0.2, -0.15) is 0 Å². The Morgan fingerprint density at radius 2 is 0.885 bits per heavy atom. The largest absolute Gasteiger partial charge is 0.172 e. The van der Waals surface area contributed by atoms with Gasteiger partial charge in [0, 0.05) is 22.3 Å². The normalized spacial score (nSPS) is 11.2. The molecular formula is C25H29S+. The minimum atomic E-state index is -0.0898. The summed E-state index contributed by atoms with van der Waals surface area (Å²) in [6, 6.07) is 18.4. The van der Waals surface area contributed by atoms with Gasteiger partial charge in [0.1, 0.15) is 10.9 Å². The maximum atomic E-state index is 2.39. The lowest BCUT2D eigenvalue weighted by Crippen LogP contribution is -2.12. The van der Waals surface area contributed by atoms with Crippen LogP contribution in [-0.2, 0) is 10.9 Å². The van der Waals surface area contributed by atoms with Crippen LogP contribution in [0.4, 0.5) is 0 Å². The molecule has 3 rings (SSSR count). The second-order valence-corrected chi connectivity index (χ2v) is 9.47. The van der Waals surface area contributed by atoms with Crippen molar-refractivity contribution in [3.63, 3.8) is 0 Å². The Balaban J connectivity index is 2.38. The molecule has 3 aromatic rings. The molecule has 0 unspecified atom stereocenters. The van der Waals surface area contributed by atoms with E-state index < -0.39 is 0 Å². The molecule has 0 bridgehead atoms. The zero-order valence-electron chi connectivity index (χ0n) is 17.0. The van der Waals surface area contributed by atoms with Crippen LogP contribution in [-0.4, -0.2) is 0 Å². The van der Waals surface area contributed by atoms with Crippen LogP contribution < -0.4 is 0 Å². The van der Waals surface area contributed by atoms with Gasteiger partial charge in [0.2, 0.25) is 0 Å². The summed E-state index contributed by atoms with van der Waals surface area (Å²) in [5.74, 6) is 0. The van der Waals surface area contributed by atoms with Gasteiger partial charge in [-0.05, 0) is 71.7 Å². The molecule has 0 nitrogen and oxygen atoms in total. The summed E-state index contributed by atoms with van der Waals surface area (Å²) >= 11 is 0. The molecule has 0 aliphatic carbocycles. The Hall–Kier alpha value is -1.99. The molecule has 3 aromatic carbocycles. The van der Waals surface area contributed by atoms with Crippen molar-refractivity contribution in [1.29, 1.82) is 0 Å². The van der Waals surface area contributed by atoms with E-state index in [2.05, 4.69) is 97.0 Å². The molecule has 0 atom stereocenters. The van der Waals surface area contributed by atoms with E-state index in [9.17, 15) is 0 Å². The number of aryl methyl sites for hydroxylation is 7. The first-order chi connectivity index (χ1) is 12.3. The van der Waals surface area contributed by atoms with Gasteiger partial charge in [0.25, 0.3) is 0 Å². The molecule has 134 valence electrons. The average Bonchev–Trinajstić information content (AvgIpc) is 2.56. The number of rotatable bonds is 3. The molecule has 0 fully saturated rings. The van der Waals surface area contributed by atoms with Gasteiger partial charge in [-0.25, -0.2) is 0 Å². The van der Waals surface area contributed by atoms with Gasteiger partial charge in [-0.3, -0.25) is 0 Å².